The van der Waals surface area contributed by atoms with Crippen molar-refractivity contribution in [1.29, 1.82) is 5.41 Å². The Morgan fingerprint density at radius 2 is 1.89 bits per heavy atom. The van der Waals surface area contributed by atoms with E-state index in [1.807, 2.05) is 0 Å². The number of carbonyl (C=O) groups is 1. The molecule has 0 aliphatic carbocycles. The average molecular weight is 509 g/mol. The summed E-state index contributed by atoms with van der Waals surface area (Å²) in [5.41, 5.74) is 1.04. The number of aliphatic hydroxyl groups excluding tert-OH is 2. The van der Waals surface area contributed by atoms with E-state index in [-0.39, 0.29) is 23.1 Å². The molecule has 5 N–H and O–H groups in total. The summed E-state index contributed by atoms with van der Waals surface area (Å²) in [6, 6.07) is 8.80. The zero-order valence-corrected chi connectivity index (χ0v) is 19.3. The highest BCUT2D eigenvalue weighted by molar-refractivity contribution is 7.46. The molecule has 35 heavy (non-hydrogen) atoms. The summed E-state index contributed by atoms with van der Waals surface area (Å²) in [4.78, 5) is 39.2. The Labute approximate surface area is 198 Å². The molecule has 0 spiro atoms. The number of hydrogen-bond acceptors (Lipinski definition) is 10. The van der Waals surface area contributed by atoms with Crippen LogP contribution in [0.4, 0.5) is 0 Å². The van der Waals surface area contributed by atoms with Gasteiger partial charge in [-0.1, -0.05) is 30.3 Å². The van der Waals surface area contributed by atoms with Gasteiger partial charge in [-0.3, -0.25) is 19.3 Å². The molecule has 0 radical (unpaired) electrons. The molecule has 1 aliphatic heterocycles. The summed E-state index contributed by atoms with van der Waals surface area (Å²) in [7, 11) is -3.55. The SMILES string of the molecule is Cn1cnc2c(ncn2[C@@H]2O[C@H](COC(=O)Cc3ccccc3)[C@@H](O)[C@H](OP(=O)(O)O)[C@H]2O)c1=N. The largest absolute Gasteiger partial charge is 0.470 e. The number of aromatic nitrogens is 4. The molecular weight excluding hydrogens is 485 g/mol. The molecule has 15 heteroatoms. The number of aryl methyl sites for hydroxylation is 1. The number of imidazole rings is 1. The zero-order chi connectivity index (χ0) is 25.3. The van der Waals surface area contributed by atoms with Crippen LogP contribution < -0.4 is 5.49 Å². The van der Waals surface area contributed by atoms with Crippen LogP contribution in [0.25, 0.3) is 11.2 Å². The minimum Gasteiger partial charge on any atom is -0.463 e. The van der Waals surface area contributed by atoms with Gasteiger partial charge in [0, 0.05) is 7.05 Å². The Bertz CT molecular complexity index is 1310. The number of benzene rings is 1. The summed E-state index contributed by atoms with van der Waals surface area (Å²) in [6.45, 7) is -0.490. The highest BCUT2D eigenvalue weighted by Gasteiger charge is 2.49. The first-order chi connectivity index (χ1) is 16.5. The van der Waals surface area contributed by atoms with Gasteiger partial charge in [-0.2, -0.15) is 0 Å². The summed E-state index contributed by atoms with van der Waals surface area (Å²) in [6.07, 6.45) is -5.53. The topological polar surface area (TPSA) is 202 Å². The third-order valence-electron chi connectivity index (χ3n) is 5.49. The predicted molar refractivity (Wildman–Crippen MR) is 116 cm³/mol. The number of rotatable bonds is 7. The van der Waals surface area contributed by atoms with E-state index in [4.69, 9.17) is 14.9 Å². The van der Waals surface area contributed by atoms with Gasteiger partial charge in [0.15, 0.2) is 17.4 Å². The van der Waals surface area contributed by atoms with Crippen molar-refractivity contribution in [3.63, 3.8) is 0 Å². The van der Waals surface area contributed by atoms with Gasteiger partial charge in [-0.25, -0.2) is 14.5 Å². The quantitative estimate of drug-likeness (QED) is 0.196. The minimum atomic E-state index is -5.14. The van der Waals surface area contributed by atoms with Gasteiger partial charge in [0.05, 0.1) is 19.1 Å². The van der Waals surface area contributed by atoms with Gasteiger partial charge in [0.25, 0.3) is 0 Å². The maximum Gasteiger partial charge on any atom is 0.470 e. The average Bonchev–Trinajstić information content (AvgIpc) is 3.23. The van der Waals surface area contributed by atoms with Crippen LogP contribution in [0.3, 0.4) is 0 Å². The molecular formula is C20H24N5O9P. The van der Waals surface area contributed by atoms with Gasteiger partial charge < -0.3 is 34.0 Å². The molecule has 14 nitrogen and oxygen atoms in total. The van der Waals surface area contributed by atoms with Crippen molar-refractivity contribution in [3.05, 3.63) is 54.0 Å². The van der Waals surface area contributed by atoms with Crippen molar-refractivity contribution in [2.24, 2.45) is 7.05 Å². The monoisotopic (exact) mass is 509 g/mol. The highest BCUT2D eigenvalue weighted by Crippen LogP contribution is 2.43. The first-order valence-corrected chi connectivity index (χ1v) is 12.0. The molecule has 2 aromatic heterocycles. The first-order valence-electron chi connectivity index (χ1n) is 10.4. The van der Waals surface area contributed by atoms with Crippen molar-refractivity contribution >= 4 is 25.0 Å². The lowest BCUT2D eigenvalue weighted by Crippen LogP contribution is -2.57. The van der Waals surface area contributed by atoms with Gasteiger partial charge >= 0.3 is 13.8 Å². The summed E-state index contributed by atoms with van der Waals surface area (Å²) < 4.78 is 29.9. The molecule has 1 fully saturated rings. The van der Waals surface area contributed by atoms with E-state index in [0.717, 1.165) is 0 Å². The lowest BCUT2D eigenvalue weighted by atomic mass is 9.98. The fourth-order valence-corrected chi connectivity index (χ4v) is 4.32. The molecule has 4 rings (SSSR count). The van der Waals surface area contributed by atoms with Crippen LogP contribution in [-0.4, -0.2) is 76.1 Å². The second-order valence-corrected chi connectivity index (χ2v) is 9.17. The fraction of sp³-hybridized carbons (Fsp3) is 0.400. The second-order valence-electron chi connectivity index (χ2n) is 7.98. The van der Waals surface area contributed by atoms with Gasteiger partial charge in [0.2, 0.25) is 0 Å². The number of ether oxygens (including phenoxy) is 2. The van der Waals surface area contributed by atoms with E-state index < -0.39 is 51.0 Å². The van der Waals surface area contributed by atoms with E-state index in [0.29, 0.717) is 5.56 Å². The van der Waals surface area contributed by atoms with E-state index >= 15 is 0 Å². The summed E-state index contributed by atoms with van der Waals surface area (Å²) >= 11 is 0. The van der Waals surface area contributed by atoms with E-state index in [1.54, 1.807) is 37.4 Å². The van der Waals surface area contributed by atoms with Crippen molar-refractivity contribution in [2.45, 2.75) is 37.1 Å². The van der Waals surface area contributed by atoms with Crippen LogP contribution in [0.1, 0.15) is 11.8 Å². The van der Waals surface area contributed by atoms with Gasteiger partial charge in [-0.05, 0) is 5.56 Å². The number of hydrogen-bond donors (Lipinski definition) is 5. The molecule has 5 atom stereocenters. The third-order valence-corrected chi connectivity index (χ3v) is 6.01. The number of fused-ring (bicyclic) bond motifs is 1. The van der Waals surface area contributed by atoms with Crippen LogP contribution in [0, 0.1) is 5.41 Å². The number of phosphoric ester groups is 1. The van der Waals surface area contributed by atoms with E-state index in [2.05, 4.69) is 14.5 Å². The molecule has 1 saturated heterocycles. The maximum absolute atomic E-state index is 12.3. The maximum atomic E-state index is 12.3. The third kappa shape index (κ3) is 5.49. The Balaban J connectivity index is 1.59. The molecule has 0 bridgehead atoms. The smallest absolute Gasteiger partial charge is 0.463 e. The van der Waals surface area contributed by atoms with Crippen molar-refractivity contribution in [1.82, 2.24) is 19.1 Å². The van der Waals surface area contributed by atoms with Crippen LogP contribution in [-0.2, 0) is 36.8 Å². The van der Waals surface area contributed by atoms with Gasteiger partial charge in [-0.15, -0.1) is 0 Å². The standard InChI is InChI=1S/C20H24N5O9P/c1-24-9-23-19-14(18(24)21)22-10-25(19)20-16(28)17(34-35(29,30)31)15(27)12(33-20)8-32-13(26)7-11-5-3-2-4-6-11/h2-6,9-10,12,15-17,20-21,27-28H,7-8H2,1H3,(H2,29,30,31)/t12-,15-,16-,17+,20-/m1/s1. The number of aliphatic hydroxyl groups is 2. The van der Waals surface area contributed by atoms with Crippen LogP contribution >= 0.6 is 7.82 Å². The van der Waals surface area contributed by atoms with Crippen molar-refractivity contribution in [3.8, 4) is 0 Å². The summed E-state index contributed by atoms with van der Waals surface area (Å²) in [5, 5.41) is 29.6. The second kappa shape index (κ2) is 9.95. The molecule has 0 unspecified atom stereocenters. The lowest BCUT2D eigenvalue weighted by Gasteiger charge is -2.42. The van der Waals surface area contributed by atoms with Gasteiger partial charge in [0.1, 0.15) is 36.5 Å². The van der Waals surface area contributed by atoms with Crippen LogP contribution in [0.15, 0.2) is 43.0 Å². The number of phosphoric acid groups is 1. The minimum absolute atomic E-state index is 0.0218. The number of esters is 1. The van der Waals surface area contributed by atoms with Crippen molar-refractivity contribution < 1.29 is 43.4 Å². The predicted octanol–water partition coefficient (Wildman–Crippen LogP) is -0.868. The molecule has 1 aliphatic rings. The normalized spacial score (nSPS) is 25.0. The van der Waals surface area contributed by atoms with E-state index in [9.17, 15) is 29.4 Å². The molecule has 188 valence electrons. The fourth-order valence-electron chi connectivity index (χ4n) is 3.76. The van der Waals surface area contributed by atoms with Crippen LogP contribution in [0.2, 0.25) is 0 Å². The molecule has 0 amide bonds. The lowest BCUT2D eigenvalue weighted by molar-refractivity contribution is -0.249. The zero-order valence-electron chi connectivity index (χ0n) is 18.4. The molecule has 3 heterocycles. The van der Waals surface area contributed by atoms with E-state index in [1.165, 1.54) is 21.8 Å². The molecule has 3 aromatic rings. The Kier molecular flexibility index (Phi) is 7.15. The highest BCUT2D eigenvalue weighted by atomic mass is 31.2. The summed E-state index contributed by atoms with van der Waals surface area (Å²) in [5.74, 6) is -0.622. The number of nitrogens with zero attached hydrogens (tertiary/aromatic N) is 4. The number of carbonyl (C=O) groups excluding carboxylic acids is 1. The molecule has 1 aromatic carbocycles. The Morgan fingerprint density at radius 1 is 1.17 bits per heavy atom. The Hall–Kier alpha value is -2.97. The number of nitrogens with one attached hydrogen (secondary N) is 1. The first kappa shape index (κ1) is 25.1. The molecule has 0 saturated carbocycles. The van der Waals surface area contributed by atoms with Crippen LogP contribution in [0.5, 0.6) is 0 Å². The van der Waals surface area contributed by atoms with Crippen molar-refractivity contribution in [2.75, 3.05) is 6.61 Å². The Morgan fingerprint density at radius 3 is 2.57 bits per heavy atom.